The van der Waals surface area contributed by atoms with Gasteiger partial charge in [-0.1, -0.05) is 6.07 Å². The summed E-state index contributed by atoms with van der Waals surface area (Å²) in [5, 5.41) is 0. The van der Waals surface area contributed by atoms with E-state index in [1.54, 1.807) is 0 Å². The second-order valence-corrected chi connectivity index (χ2v) is 4.31. The van der Waals surface area contributed by atoms with Gasteiger partial charge in [-0.05, 0) is 30.7 Å². The molecule has 1 aromatic carbocycles. The zero-order chi connectivity index (χ0) is 15.6. The van der Waals surface area contributed by atoms with E-state index < -0.39 is 17.9 Å². The minimum Gasteiger partial charge on any atom is -0.405 e. The topological polar surface area (TPSA) is 48.1 Å². The smallest absolute Gasteiger partial charge is 0.405 e. The maximum absolute atomic E-state index is 13.9. The van der Waals surface area contributed by atoms with E-state index in [9.17, 15) is 17.6 Å². The lowest BCUT2D eigenvalue weighted by Gasteiger charge is -2.17. The number of ether oxygens (including phenoxy) is 1. The lowest BCUT2D eigenvalue weighted by molar-refractivity contribution is -0.274. The minimum absolute atomic E-state index is 0.0402. The number of alkyl halides is 3. The zero-order valence-electron chi connectivity index (χ0n) is 11.0. The van der Waals surface area contributed by atoms with E-state index in [1.165, 1.54) is 31.3 Å². The Kier molecular flexibility index (Phi) is 4.13. The van der Waals surface area contributed by atoms with Crippen LogP contribution in [0.3, 0.4) is 0 Å². The fourth-order valence-corrected chi connectivity index (χ4v) is 2.05. The minimum atomic E-state index is -4.82. The molecular formula is C14H12F4N2O. The number of nitrogens with zero attached hydrogens (tertiary/aromatic N) is 1. The molecule has 0 saturated heterocycles. The molecule has 2 rings (SSSR count). The van der Waals surface area contributed by atoms with E-state index in [2.05, 4.69) is 9.72 Å². The third-order valence-electron chi connectivity index (χ3n) is 2.94. The molecule has 112 valence electrons. The molecule has 3 nitrogen and oxygen atoms in total. The number of nitrogens with two attached hydrogens (primary N) is 1. The van der Waals surface area contributed by atoms with Crippen molar-refractivity contribution in [1.82, 2.24) is 4.98 Å². The van der Waals surface area contributed by atoms with Crippen molar-refractivity contribution in [3.8, 4) is 17.0 Å². The van der Waals surface area contributed by atoms with E-state index in [0.717, 1.165) is 6.07 Å². The summed E-state index contributed by atoms with van der Waals surface area (Å²) in [5.74, 6) is -1.04. The Labute approximate surface area is 118 Å². The molecule has 7 heteroatoms. The van der Waals surface area contributed by atoms with Gasteiger partial charge in [-0.3, -0.25) is 4.98 Å². The molecule has 0 aliphatic carbocycles. The van der Waals surface area contributed by atoms with Gasteiger partial charge < -0.3 is 10.5 Å². The molecule has 0 atom stereocenters. The Balaban J connectivity index is 2.63. The second-order valence-electron chi connectivity index (χ2n) is 4.31. The summed E-state index contributed by atoms with van der Waals surface area (Å²) in [6.07, 6.45) is -3.47. The molecule has 0 aliphatic rings. The maximum Gasteiger partial charge on any atom is 0.573 e. The molecule has 0 saturated carbocycles. The standard InChI is InChI=1S/C14H12F4N2O/c1-8-11(21-14(16,17)18)5-4-9(7-19)12(8)13-10(15)3-2-6-20-13/h2-6H,7,19H2,1H3. The van der Waals surface area contributed by atoms with Crippen LogP contribution in [0.15, 0.2) is 30.5 Å². The number of benzene rings is 1. The maximum atomic E-state index is 13.9. The highest BCUT2D eigenvalue weighted by atomic mass is 19.4. The first kappa shape index (κ1) is 15.2. The number of aromatic nitrogens is 1. The highest BCUT2D eigenvalue weighted by Crippen LogP contribution is 2.35. The summed E-state index contributed by atoms with van der Waals surface area (Å²) in [6.45, 7) is 1.45. The summed E-state index contributed by atoms with van der Waals surface area (Å²) in [5.41, 5.74) is 6.36. The van der Waals surface area contributed by atoms with Crippen molar-refractivity contribution < 1.29 is 22.3 Å². The van der Waals surface area contributed by atoms with Crippen LogP contribution >= 0.6 is 0 Å². The summed E-state index contributed by atoms with van der Waals surface area (Å²) in [6, 6.07) is 5.11. The first-order valence-electron chi connectivity index (χ1n) is 6.02. The van der Waals surface area contributed by atoms with Gasteiger partial charge in [0.05, 0.1) is 0 Å². The van der Waals surface area contributed by atoms with Crippen molar-refractivity contribution in [3.63, 3.8) is 0 Å². The van der Waals surface area contributed by atoms with Crippen molar-refractivity contribution in [2.75, 3.05) is 0 Å². The van der Waals surface area contributed by atoms with Gasteiger partial charge in [-0.25, -0.2) is 4.39 Å². The van der Waals surface area contributed by atoms with E-state index in [-0.39, 0.29) is 23.4 Å². The van der Waals surface area contributed by atoms with E-state index in [0.29, 0.717) is 5.56 Å². The summed E-state index contributed by atoms with van der Waals surface area (Å²) in [4.78, 5) is 3.89. The van der Waals surface area contributed by atoms with Gasteiger partial charge in [0.15, 0.2) is 0 Å². The summed E-state index contributed by atoms with van der Waals surface area (Å²) >= 11 is 0. The van der Waals surface area contributed by atoms with E-state index in [4.69, 9.17) is 5.73 Å². The lowest BCUT2D eigenvalue weighted by Crippen LogP contribution is -2.18. The molecule has 0 spiro atoms. The Morgan fingerprint density at radius 2 is 1.95 bits per heavy atom. The Morgan fingerprint density at radius 3 is 2.52 bits per heavy atom. The Bertz CT molecular complexity index is 656. The SMILES string of the molecule is Cc1c(OC(F)(F)F)ccc(CN)c1-c1ncccc1F. The van der Waals surface area contributed by atoms with Gasteiger partial charge in [0.1, 0.15) is 17.3 Å². The average molecular weight is 300 g/mol. The fourth-order valence-electron chi connectivity index (χ4n) is 2.05. The van der Waals surface area contributed by atoms with Crippen molar-refractivity contribution in [2.45, 2.75) is 19.8 Å². The number of hydrogen-bond donors (Lipinski definition) is 1. The third kappa shape index (κ3) is 3.30. The van der Waals surface area contributed by atoms with Crippen LogP contribution in [0.1, 0.15) is 11.1 Å². The molecule has 2 aromatic rings. The van der Waals surface area contributed by atoms with Crippen LogP contribution in [0.2, 0.25) is 0 Å². The van der Waals surface area contributed by atoms with Crippen LogP contribution in [0.4, 0.5) is 17.6 Å². The molecule has 2 N–H and O–H groups in total. The predicted molar refractivity (Wildman–Crippen MR) is 68.9 cm³/mol. The first-order valence-corrected chi connectivity index (χ1v) is 6.02. The largest absolute Gasteiger partial charge is 0.573 e. The monoisotopic (exact) mass is 300 g/mol. The number of pyridine rings is 1. The van der Waals surface area contributed by atoms with Gasteiger partial charge >= 0.3 is 6.36 Å². The second kappa shape index (κ2) is 5.69. The zero-order valence-corrected chi connectivity index (χ0v) is 11.0. The molecule has 0 unspecified atom stereocenters. The number of rotatable bonds is 3. The molecule has 0 fully saturated rings. The Hall–Kier alpha value is -2.15. The summed E-state index contributed by atoms with van der Waals surface area (Å²) in [7, 11) is 0. The normalized spacial score (nSPS) is 11.5. The van der Waals surface area contributed by atoms with Gasteiger partial charge in [0.2, 0.25) is 0 Å². The van der Waals surface area contributed by atoms with Crippen molar-refractivity contribution in [1.29, 1.82) is 0 Å². The fraction of sp³-hybridized carbons (Fsp3) is 0.214. The van der Waals surface area contributed by atoms with Gasteiger partial charge in [-0.2, -0.15) is 0 Å². The van der Waals surface area contributed by atoms with Crippen LogP contribution in [-0.2, 0) is 6.54 Å². The van der Waals surface area contributed by atoms with Crippen LogP contribution in [0, 0.1) is 12.7 Å². The van der Waals surface area contributed by atoms with Gasteiger partial charge in [-0.15, -0.1) is 13.2 Å². The molecular weight excluding hydrogens is 288 g/mol. The van der Waals surface area contributed by atoms with Crippen LogP contribution in [0.25, 0.3) is 11.3 Å². The molecule has 1 aromatic heterocycles. The number of hydrogen-bond acceptors (Lipinski definition) is 3. The Morgan fingerprint density at radius 1 is 1.24 bits per heavy atom. The molecule has 0 radical (unpaired) electrons. The van der Waals surface area contributed by atoms with Gasteiger partial charge in [0.25, 0.3) is 0 Å². The van der Waals surface area contributed by atoms with E-state index >= 15 is 0 Å². The number of halogens is 4. The van der Waals surface area contributed by atoms with Crippen LogP contribution < -0.4 is 10.5 Å². The molecule has 1 heterocycles. The lowest BCUT2D eigenvalue weighted by atomic mass is 9.97. The van der Waals surface area contributed by atoms with Gasteiger partial charge in [0, 0.05) is 23.9 Å². The highest BCUT2D eigenvalue weighted by molar-refractivity contribution is 5.71. The molecule has 0 bridgehead atoms. The van der Waals surface area contributed by atoms with Crippen LogP contribution in [-0.4, -0.2) is 11.3 Å². The van der Waals surface area contributed by atoms with Crippen molar-refractivity contribution >= 4 is 0 Å². The van der Waals surface area contributed by atoms with E-state index in [1.807, 2.05) is 0 Å². The highest BCUT2D eigenvalue weighted by Gasteiger charge is 2.32. The van der Waals surface area contributed by atoms with Crippen molar-refractivity contribution in [2.24, 2.45) is 5.73 Å². The predicted octanol–water partition coefficient (Wildman–Crippen LogP) is 3.55. The first-order chi connectivity index (χ1) is 9.83. The quantitative estimate of drug-likeness (QED) is 0.882. The summed E-state index contributed by atoms with van der Waals surface area (Å²) < 4.78 is 55.0. The molecule has 0 amide bonds. The third-order valence-corrected chi connectivity index (χ3v) is 2.94. The molecule has 0 aliphatic heterocycles. The molecule has 21 heavy (non-hydrogen) atoms. The van der Waals surface area contributed by atoms with Crippen LogP contribution in [0.5, 0.6) is 5.75 Å². The van der Waals surface area contributed by atoms with Crippen molar-refractivity contribution in [3.05, 3.63) is 47.4 Å². The average Bonchev–Trinajstić information content (AvgIpc) is 2.40.